The molecule has 1 aliphatic rings. The number of nitrogens with one attached hydrogen (secondary N) is 1. The van der Waals surface area contributed by atoms with Gasteiger partial charge in [0.25, 0.3) is 0 Å². The van der Waals surface area contributed by atoms with E-state index >= 15 is 0 Å². The standard InChI is InChI=1S/C23H30N2O2/c1-25(2)23(19-11-7-4-8-12-19)15-13-20(14-16-23)24-21(22(26)27)17-18-9-5-3-6-10-18/h3-12,20-21,24H,13-17H2,1-2H3,(H,26,27)/t20?,21-,23?/m1/s1. The Morgan fingerprint density at radius 1 is 1.07 bits per heavy atom. The van der Waals surface area contributed by atoms with Crippen molar-refractivity contribution in [1.29, 1.82) is 0 Å². The Labute approximate surface area is 162 Å². The van der Waals surface area contributed by atoms with Gasteiger partial charge in [-0.15, -0.1) is 0 Å². The van der Waals surface area contributed by atoms with Crippen molar-refractivity contribution >= 4 is 5.97 Å². The highest BCUT2D eigenvalue weighted by Gasteiger charge is 2.39. The van der Waals surface area contributed by atoms with Crippen LogP contribution in [-0.2, 0) is 16.8 Å². The van der Waals surface area contributed by atoms with Crippen molar-refractivity contribution in [2.24, 2.45) is 0 Å². The summed E-state index contributed by atoms with van der Waals surface area (Å²) in [5, 5.41) is 13.1. The molecule has 2 N–H and O–H groups in total. The summed E-state index contributed by atoms with van der Waals surface area (Å²) < 4.78 is 0. The van der Waals surface area contributed by atoms with Gasteiger partial charge in [0.1, 0.15) is 6.04 Å². The lowest BCUT2D eigenvalue weighted by molar-refractivity contribution is -0.139. The van der Waals surface area contributed by atoms with Gasteiger partial charge in [-0.25, -0.2) is 0 Å². The Kier molecular flexibility index (Phi) is 6.30. The summed E-state index contributed by atoms with van der Waals surface area (Å²) >= 11 is 0. The number of carboxylic acids is 1. The SMILES string of the molecule is CN(C)C1(c2ccccc2)CCC(N[C@H](Cc2ccccc2)C(=O)O)CC1. The highest BCUT2D eigenvalue weighted by atomic mass is 16.4. The van der Waals surface area contributed by atoms with Crippen LogP contribution < -0.4 is 5.32 Å². The molecule has 144 valence electrons. The summed E-state index contributed by atoms with van der Waals surface area (Å²) in [6.45, 7) is 0. The van der Waals surface area contributed by atoms with Crippen molar-refractivity contribution in [2.45, 2.75) is 49.7 Å². The fourth-order valence-electron chi connectivity index (χ4n) is 4.36. The molecule has 4 nitrogen and oxygen atoms in total. The molecule has 0 unspecified atom stereocenters. The largest absolute Gasteiger partial charge is 0.480 e. The molecule has 0 spiro atoms. The highest BCUT2D eigenvalue weighted by molar-refractivity contribution is 5.74. The molecule has 0 bridgehead atoms. The lowest BCUT2D eigenvalue weighted by Crippen LogP contribution is -2.51. The van der Waals surface area contributed by atoms with Crippen LogP contribution in [0.25, 0.3) is 0 Å². The second-order valence-corrected chi connectivity index (χ2v) is 7.81. The van der Waals surface area contributed by atoms with Crippen LogP contribution >= 0.6 is 0 Å². The van der Waals surface area contributed by atoms with Crippen LogP contribution in [0.1, 0.15) is 36.8 Å². The molecule has 0 radical (unpaired) electrons. The molecule has 2 aromatic carbocycles. The number of rotatable bonds is 7. The van der Waals surface area contributed by atoms with E-state index in [2.05, 4.69) is 54.6 Å². The average Bonchev–Trinajstić information content (AvgIpc) is 2.69. The van der Waals surface area contributed by atoms with E-state index in [1.165, 1.54) is 5.56 Å². The molecule has 0 aromatic heterocycles. The molecule has 3 rings (SSSR count). The van der Waals surface area contributed by atoms with Gasteiger partial charge in [-0.2, -0.15) is 0 Å². The lowest BCUT2D eigenvalue weighted by Gasteiger charge is -2.46. The van der Waals surface area contributed by atoms with Crippen molar-refractivity contribution in [2.75, 3.05) is 14.1 Å². The average molecular weight is 367 g/mol. The summed E-state index contributed by atoms with van der Waals surface area (Å²) in [5.74, 6) is -0.772. The number of hydrogen-bond acceptors (Lipinski definition) is 3. The number of nitrogens with zero attached hydrogens (tertiary/aromatic N) is 1. The molecular weight excluding hydrogens is 336 g/mol. The first-order valence-electron chi connectivity index (χ1n) is 9.77. The zero-order valence-electron chi connectivity index (χ0n) is 16.3. The molecule has 0 aliphatic heterocycles. The van der Waals surface area contributed by atoms with Crippen molar-refractivity contribution in [1.82, 2.24) is 10.2 Å². The summed E-state index contributed by atoms with van der Waals surface area (Å²) in [6.07, 6.45) is 4.53. The van der Waals surface area contributed by atoms with E-state index in [1.54, 1.807) is 0 Å². The second-order valence-electron chi connectivity index (χ2n) is 7.81. The Balaban J connectivity index is 1.66. The van der Waals surface area contributed by atoms with E-state index in [4.69, 9.17) is 0 Å². The molecule has 1 aliphatic carbocycles. The number of carboxylic acid groups (broad SMARTS) is 1. The van der Waals surface area contributed by atoms with Crippen LogP contribution in [0, 0.1) is 0 Å². The van der Waals surface area contributed by atoms with Gasteiger partial charge < -0.3 is 10.4 Å². The Morgan fingerprint density at radius 3 is 2.15 bits per heavy atom. The van der Waals surface area contributed by atoms with Crippen LogP contribution in [-0.4, -0.2) is 42.2 Å². The van der Waals surface area contributed by atoms with Crippen molar-refractivity contribution < 1.29 is 9.90 Å². The van der Waals surface area contributed by atoms with Crippen LogP contribution in [0.3, 0.4) is 0 Å². The summed E-state index contributed by atoms with van der Waals surface area (Å²) in [4.78, 5) is 14.1. The van der Waals surface area contributed by atoms with Gasteiger partial charge in [-0.1, -0.05) is 60.7 Å². The topological polar surface area (TPSA) is 52.6 Å². The third-order valence-electron chi connectivity index (χ3n) is 6.00. The van der Waals surface area contributed by atoms with Crippen LogP contribution in [0.15, 0.2) is 60.7 Å². The van der Waals surface area contributed by atoms with Gasteiger partial charge in [0.15, 0.2) is 0 Å². The summed E-state index contributed by atoms with van der Waals surface area (Å²) in [7, 11) is 4.30. The number of benzene rings is 2. The van der Waals surface area contributed by atoms with Gasteiger partial charge in [-0.3, -0.25) is 9.69 Å². The first-order valence-corrected chi connectivity index (χ1v) is 9.77. The van der Waals surface area contributed by atoms with Gasteiger partial charge in [0, 0.05) is 11.6 Å². The van der Waals surface area contributed by atoms with Crippen molar-refractivity contribution in [3.8, 4) is 0 Å². The van der Waals surface area contributed by atoms with E-state index in [0.717, 1.165) is 31.2 Å². The maximum absolute atomic E-state index is 11.8. The Bertz CT molecular complexity index is 723. The quantitative estimate of drug-likeness (QED) is 0.785. The molecule has 0 amide bonds. The van der Waals surface area contributed by atoms with Gasteiger partial charge in [0.05, 0.1) is 0 Å². The molecular formula is C23H30N2O2. The van der Waals surface area contributed by atoms with Crippen molar-refractivity contribution in [3.63, 3.8) is 0 Å². The van der Waals surface area contributed by atoms with Crippen LogP contribution in [0.2, 0.25) is 0 Å². The third kappa shape index (κ3) is 4.57. The summed E-state index contributed by atoms with van der Waals surface area (Å²) in [6, 6.07) is 20.2. The molecule has 1 fully saturated rings. The summed E-state index contributed by atoms with van der Waals surface area (Å²) in [5.41, 5.74) is 2.45. The highest BCUT2D eigenvalue weighted by Crippen LogP contribution is 2.41. The normalized spacial score (nSPS) is 23.9. The van der Waals surface area contributed by atoms with E-state index < -0.39 is 12.0 Å². The monoisotopic (exact) mass is 366 g/mol. The molecule has 1 saturated carbocycles. The predicted octanol–water partition coefficient (Wildman–Crippen LogP) is 3.67. The lowest BCUT2D eigenvalue weighted by atomic mass is 9.74. The molecule has 27 heavy (non-hydrogen) atoms. The minimum atomic E-state index is -0.772. The number of aliphatic carboxylic acids is 1. The first kappa shape index (κ1) is 19.6. The van der Waals surface area contributed by atoms with E-state index in [-0.39, 0.29) is 11.6 Å². The van der Waals surface area contributed by atoms with E-state index in [0.29, 0.717) is 6.42 Å². The maximum atomic E-state index is 11.8. The maximum Gasteiger partial charge on any atom is 0.321 e. The van der Waals surface area contributed by atoms with Gasteiger partial charge >= 0.3 is 5.97 Å². The molecule has 1 atom stereocenters. The Hall–Kier alpha value is -2.17. The third-order valence-corrected chi connectivity index (χ3v) is 6.00. The molecule has 2 aromatic rings. The second kappa shape index (κ2) is 8.68. The van der Waals surface area contributed by atoms with Gasteiger partial charge in [-0.05, 0) is 57.3 Å². The molecule has 4 heteroatoms. The first-order chi connectivity index (χ1) is 13.0. The molecule has 0 saturated heterocycles. The fourth-order valence-corrected chi connectivity index (χ4v) is 4.36. The zero-order valence-corrected chi connectivity index (χ0v) is 16.3. The number of carbonyl (C=O) groups is 1. The minimum absolute atomic E-state index is 0.0393. The Morgan fingerprint density at radius 2 is 1.63 bits per heavy atom. The van der Waals surface area contributed by atoms with Gasteiger partial charge in [0.2, 0.25) is 0 Å². The van der Waals surface area contributed by atoms with Crippen LogP contribution in [0.5, 0.6) is 0 Å². The van der Waals surface area contributed by atoms with E-state index in [1.807, 2.05) is 30.3 Å². The van der Waals surface area contributed by atoms with E-state index in [9.17, 15) is 9.90 Å². The van der Waals surface area contributed by atoms with Crippen molar-refractivity contribution in [3.05, 3.63) is 71.8 Å². The predicted molar refractivity (Wildman–Crippen MR) is 109 cm³/mol. The fraction of sp³-hybridized carbons (Fsp3) is 0.435. The smallest absolute Gasteiger partial charge is 0.321 e. The minimum Gasteiger partial charge on any atom is -0.480 e. The zero-order chi connectivity index (χ0) is 19.3. The number of hydrogen-bond donors (Lipinski definition) is 2. The molecule has 0 heterocycles. The van der Waals surface area contributed by atoms with Crippen LogP contribution in [0.4, 0.5) is 0 Å².